The third-order valence-electron chi connectivity index (χ3n) is 2.86. The van der Waals surface area contributed by atoms with Crippen LogP contribution in [0.15, 0.2) is 36.8 Å². The molecule has 1 aromatic carbocycles. The molecule has 0 spiro atoms. The monoisotopic (exact) mass is 261 g/mol. The van der Waals surface area contributed by atoms with Gasteiger partial charge in [-0.1, -0.05) is 6.07 Å². The molecule has 0 saturated heterocycles. The number of halogens is 1. The molecule has 0 bridgehead atoms. The van der Waals surface area contributed by atoms with Crippen molar-refractivity contribution in [2.24, 2.45) is 5.73 Å². The van der Waals surface area contributed by atoms with Crippen molar-refractivity contribution in [2.75, 3.05) is 13.2 Å². The van der Waals surface area contributed by atoms with Crippen LogP contribution in [-0.2, 0) is 0 Å². The van der Waals surface area contributed by atoms with Crippen molar-refractivity contribution in [1.29, 1.82) is 0 Å². The molecule has 5 heteroatoms. The van der Waals surface area contributed by atoms with E-state index in [1.54, 1.807) is 18.3 Å². The predicted molar refractivity (Wildman–Crippen MR) is 70.5 cm³/mol. The zero-order chi connectivity index (χ0) is 13.7. The quantitative estimate of drug-likeness (QED) is 0.895. The first kappa shape index (κ1) is 13.4. The van der Waals surface area contributed by atoms with Gasteiger partial charge in [-0.3, -0.25) is 0 Å². The first-order valence-electron chi connectivity index (χ1n) is 6.14. The van der Waals surface area contributed by atoms with E-state index in [1.165, 1.54) is 12.4 Å². The van der Waals surface area contributed by atoms with Gasteiger partial charge in [0.25, 0.3) is 0 Å². The number of benzene rings is 1. The Morgan fingerprint density at radius 1 is 1.37 bits per heavy atom. The third-order valence-corrected chi connectivity index (χ3v) is 2.86. The third kappa shape index (κ3) is 3.06. The van der Waals surface area contributed by atoms with E-state index in [0.29, 0.717) is 13.2 Å². The van der Waals surface area contributed by atoms with E-state index in [9.17, 15) is 4.39 Å². The molecular formula is C14H16FN3O. The van der Waals surface area contributed by atoms with Crippen molar-refractivity contribution >= 4 is 0 Å². The van der Waals surface area contributed by atoms with E-state index in [2.05, 4.69) is 9.97 Å². The normalized spacial score (nSPS) is 12.2. The van der Waals surface area contributed by atoms with E-state index in [-0.39, 0.29) is 17.5 Å². The van der Waals surface area contributed by atoms with Gasteiger partial charge in [0.15, 0.2) is 11.6 Å². The van der Waals surface area contributed by atoms with E-state index in [0.717, 1.165) is 11.3 Å². The van der Waals surface area contributed by atoms with Crippen LogP contribution in [0.1, 0.15) is 24.1 Å². The number of nitrogens with two attached hydrogens (primary N) is 1. The summed E-state index contributed by atoms with van der Waals surface area (Å²) >= 11 is 0. The van der Waals surface area contributed by atoms with Gasteiger partial charge in [0, 0.05) is 18.7 Å². The fourth-order valence-corrected chi connectivity index (χ4v) is 1.94. The SMILES string of the molecule is CCOc1ccc(C(CN)c2ccncn2)cc1F. The van der Waals surface area contributed by atoms with Gasteiger partial charge in [-0.25, -0.2) is 14.4 Å². The molecule has 2 rings (SSSR count). The van der Waals surface area contributed by atoms with Crippen molar-refractivity contribution in [1.82, 2.24) is 9.97 Å². The van der Waals surface area contributed by atoms with E-state index in [1.807, 2.05) is 13.0 Å². The highest BCUT2D eigenvalue weighted by Gasteiger charge is 2.16. The average Bonchev–Trinajstić information content (AvgIpc) is 2.44. The largest absolute Gasteiger partial charge is 0.491 e. The zero-order valence-electron chi connectivity index (χ0n) is 10.7. The summed E-state index contributed by atoms with van der Waals surface area (Å²) in [7, 11) is 0. The fraction of sp³-hybridized carbons (Fsp3) is 0.286. The molecule has 19 heavy (non-hydrogen) atoms. The minimum Gasteiger partial charge on any atom is -0.491 e. The maximum absolute atomic E-state index is 13.9. The van der Waals surface area contributed by atoms with Crippen LogP contribution < -0.4 is 10.5 Å². The van der Waals surface area contributed by atoms with E-state index < -0.39 is 0 Å². The van der Waals surface area contributed by atoms with Gasteiger partial charge in [0.2, 0.25) is 0 Å². The molecular weight excluding hydrogens is 245 g/mol. The number of rotatable bonds is 5. The summed E-state index contributed by atoms with van der Waals surface area (Å²) in [5.74, 6) is -0.273. The molecule has 1 aromatic heterocycles. The lowest BCUT2D eigenvalue weighted by molar-refractivity contribution is 0.321. The topological polar surface area (TPSA) is 61.0 Å². The van der Waals surface area contributed by atoms with E-state index in [4.69, 9.17) is 10.5 Å². The lowest BCUT2D eigenvalue weighted by Crippen LogP contribution is -2.15. The summed E-state index contributed by atoms with van der Waals surface area (Å²) in [6.07, 6.45) is 3.11. The van der Waals surface area contributed by atoms with Crippen LogP contribution in [0, 0.1) is 5.82 Å². The second-order valence-corrected chi connectivity index (χ2v) is 4.05. The first-order chi connectivity index (χ1) is 9.26. The van der Waals surface area contributed by atoms with Crippen molar-refractivity contribution in [3.8, 4) is 5.75 Å². The maximum Gasteiger partial charge on any atom is 0.165 e. The standard InChI is InChI=1S/C14H16FN3O/c1-2-19-14-4-3-10(7-12(14)15)11(8-16)13-5-6-17-9-18-13/h3-7,9,11H,2,8,16H2,1H3. The molecule has 2 aromatic rings. The minimum absolute atomic E-state index is 0.145. The molecule has 1 atom stereocenters. The van der Waals surface area contributed by atoms with Crippen LogP contribution >= 0.6 is 0 Å². The van der Waals surface area contributed by atoms with Crippen LogP contribution in [0.3, 0.4) is 0 Å². The number of hydrogen-bond donors (Lipinski definition) is 1. The maximum atomic E-state index is 13.9. The highest BCUT2D eigenvalue weighted by atomic mass is 19.1. The number of nitrogens with zero attached hydrogens (tertiary/aromatic N) is 2. The number of ether oxygens (including phenoxy) is 1. The van der Waals surface area contributed by atoms with Gasteiger partial charge in [0.1, 0.15) is 6.33 Å². The molecule has 4 nitrogen and oxygen atoms in total. The average molecular weight is 261 g/mol. The summed E-state index contributed by atoms with van der Waals surface area (Å²) in [5.41, 5.74) is 7.33. The molecule has 1 heterocycles. The Balaban J connectivity index is 2.32. The summed E-state index contributed by atoms with van der Waals surface area (Å²) < 4.78 is 19.0. The Bertz CT molecular complexity index is 533. The van der Waals surface area contributed by atoms with Crippen LogP contribution in [0.4, 0.5) is 4.39 Å². The highest BCUT2D eigenvalue weighted by Crippen LogP contribution is 2.26. The Hall–Kier alpha value is -2.01. The molecule has 1 unspecified atom stereocenters. The fourth-order valence-electron chi connectivity index (χ4n) is 1.94. The van der Waals surface area contributed by atoms with Gasteiger partial charge in [-0.2, -0.15) is 0 Å². The molecule has 0 aliphatic rings. The van der Waals surface area contributed by atoms with Gasteiger partial charge in [-0.15, -0.1) is 0 Å². The molecule has 2 N–H and O–H groups in total. The van der Waals surface area contributed by atoms with Gasteiger partial charge in [0.05, 0.1) is 12.3 Å². The van der Waals surface area contributed by atoms with Crippen LogP contribution in [0.2, 0.25) is 0 Å². The number of hydrogen-bond acceptors (Lipinski definition) is 4. The molecule has 0 amide bonds. The van der Waals surface area contributed by atoms with Crippen molar-refractivity contribution in [3.63, 3.8) is 0 Å². The van der Waals surface area contributed by atoms with Crippen LogP contribution in [0.25, 0.3) is 0 Å². The molecule has 0 fully saturated rings. The van der Waals surface area contributed by atoms with Crippen LogP contribution in [-0.4, -0.2) is 23.1 Å². The van der Waals surface area contributed by atoms with Crippen LogP contribution in [0.5, 0.6) is 5.75 Å². The van der Waals surface area contributed by atoms with E-state index >= 15 is 0 Å². The minimum atomic E-state index is -0.383. The van der Waals surface area contributed by atoms with Gasteiger partial charge in [-0.05, 0) is 30.7 Å². The highest BCUT2D eigenvalue weighted by molar-refractivity contribution is 5.35. The Morgan fingerprint density at radius 3 is 2.79 bits per heavy atom. The summed E-state index contributed by atoms with van der Waals surface area (Å²) in [5, 5.41) is 0. The van der Waals surface area contributed by atoms with Gasteiger partial charge < -0.3 is 10.5 Å². The van der Waals surface area contributed by atoms with Crippen molar-refractivity contribution in [3.05, 3.63) is 53.9 Å². The molecule has 0 saturated carbocycles. The second-order valence-electron chi connectivity index (χ2n) is 4.05. The van der Waals surface area contributed by atoms with Crippen molar-refractivity contribution in [2.45, 2.75) is 12.8 Å². The summed E-state index contributed by atoms with van der Waals surface area (Å²) in [6.45, 7) is 2.60. The lowest BCUT2D eigenvalue weighted by atomic mass is 9.95. The van der Waals surface area contributed by atoms with Crippen molar-refractivity contribution < 1.29 is 9.13 Å². The smallest absolute Gasteiger partial charge is 0.165 e. The molecule has 0 aliphatic carbocycles. The Labute approximate surface area is 111 Å². The lowest BCUT2D eigenvalue weighted by Gasteiger charge is -2.15. The molecule has 0 aliphatic heterocycles. The summed E-state index contributed by atoms with van der Waals surface area (Å²) in [4.78, 5) is 8.04. The predicted octanol–water partition coefficient (Wildman–Crippen LogP) is 2.10. The Morgan fingerprint density at radius 2 is 2.21 bits per heavy atom. The second kappa shape index (κ2) is 6.24. The summed E-state index contributed by atoms with van der Waals surface area (Å²) in [6, 6.07) is 6.67. The first-order valence-corrected chi connectivity index (χ1v) is 6.14. The molecule has 0 radical (unpaired) electrons. The molecule has 100 valence electrons. The van der Waals surface area contributed by atoms with Gasteiger partial charge >= 0.3 is 0 Å². The Kier molecular flexibility index (Phi) is 4.41. The zero-order valence-corrected chi connectivity index (χ0v) is 10.7. The number of aromatic nitrogens is 2.